The summed E-state index contributed by atoms with van der Waals surface area (Å²) in [6, 6.07) is 20.1. The minimum Gasteiger partial charge on any atom is -0.322 e. The molecule has 9 heteroatoms. The lowest BCUT2D eigenvalue weighted by molar-refractivity contribution is 0.101. The van der Waals surface area contributed by atoms with Gasteiger partial charge in [-0.05, 0) is 83.4 Å². The second-order valence-corrected chi connectivity index (χ2v) is 10.7. The molecule has 34 heavy (non-hydrogen) atoms. The third-order valence-corrected chi connectivity index (χ3v) is 8.46. The maximum atomic E-state index is 13.1. The van der Waals surface area contributed by atoms with E-state index in [0.29, 0.717) is 34.5 Å². The van der Waals surface area contributed by atoms with Gasteiger partial charge in [-0.3, -0.25) is 9.59 Å². The smallest absolute Gasteiger partial charge is 0.255 e. The fourth-order valence-corrected chi connectivity index (χ4v) is 6.19. The molecule has 0 aliphatic carbocycles. The molecule has 7 nitrogen and oxygen atoms in total. The fraction of sp³-hybridized carbons (Fsp3) is 0.200. The van der Waals surface area contributed by atoms with Crippen molar-refractivity contribution in [3.63, 3.8) is 0 Å². The van der Waals surface area contributed by atoms with Crippen LogP contribution in [0.2, 0.25) is 0 Å². The number of carbonyl (C=O) groups excluding carboxylic acids is 2. The van der Waals surface area contributed by atoms with E-state index < -0.39 is 15.9 Å². The molecule has 0 saturated carbocycles. The molecule has 0 unspecified atom stereocenters. The Labute approximate surface area is 207 Å². The van der Waals surface area contributed by atoms with Gasteiger partial charge in [0, 0.05) is 40.1 Å². The SMILES string of the molecule is O=C(Nc1ccc(NC(=O)c2ccc(Br)c(S(=O)(=O)N3CCCCC3)c2)cc1)c1ccccc1. The number of amides is 2. The van der Waals surface area contributed by atoms with Crippen LogP contribution in [0.4, 0.5) is 11.4 Å². The minimum absolute atomic E-state index is 0.0843. The van der Waals surface area contributed by atoms with Crippen molar-refractivity contribution >= 4 is 49.1 Å². The highest BCUT2D eigenvalue weighted by molar-refractivity contribution is 9.10. The zero-order valence-corrected chi connectivity index (χ0v) is 20.7. The molecule has 1 fully saturated rings. The van der Waals surface area contributed by atoms with Crippen molar-refractivity contribution in [1.82, 2.24) is 4.31 Å². The van der Waals surface area contributed by atoms with Crippen LogP contribution in [-0.4, -0.2) is 37.6 Å². The molecular formula is C25H24BrN3O4S. The summed E-state index contributed by atoms with van der Waals surface area (Å²) in [4.78, 5) is 25.2. The number of piperidine rings is 1. The zero-order valence-electron chi connectivity index (χ0n) is 18.3. The molecule has 0 aromatic heterocycles. The first-order valence-electron chi connectivity index (χ1n) is 10.9. The number of benzene rings is 3. The number of hydrogen-bond acceptors (Lipinski definition) is 4. The van der Waals surface area contributed by atoms with Crippen molar-refractivity contribution in [2.75, 3.05) is 23.7 Å². The van der Waals surface area contributed by atoms with Gasteiger partial charge in [0.1, 0.15) is 0 Å². The molecule has 2 amide bonds. The normalized spacial score (nSPS) is 14.4. The maximum Gasteiger partial charge on any atom is 0.255 e. The number of rotatable bonds is 6. The standard InChI is InChI=1S/C25H24BrN3O4S/c26-22-14-9-19(17-23(22)34(32,33)29-15-5-2-6-16-29)25(31)28-21-12-10-20(11-13-21)27-24(30)18-7-3-1-4-8-18/h1,3-4,7-14,17H,2,5-6,15-16H2,(H,27,30)(H,28,31). The second kappa shape index (κ2) is 10.5. The van der Waals surface area contributed by atoms with E-state index >= 15 is 0 Å². The largest absolute Gasteiger partial charge is 0.322 e. The van der Waals surface area contributed by atoms with Gasteiger partial charge >= 0.3 is 0 Å². The lowest BCUT2D eigenvalue weighted by atomic mass is 10.2. The van der Waals surface area contributed by atoms with E-state index in [-0.39, 0.29) is 16.4 Å². The van der Waals surface area contributed by atoms with E-state index in [4.69, 9.17) is 0 Å². The summed E-state index contributed by atoms with van der Waals surface area (Å²) in [5.74, 6) is -0.654. The van der Waals surface area contributed by atoms with Gasteiger partial charge in [0.05, 0.1) is 4.90 Å². The van der Waals surface area contributed by atoms with Gasteiger partial charge in [-0.1, -0.05) is 24.6 Å². The summed E-state index contributed by atoms with van der Waals surface area (Å²) < 4.78 is 28.1. The van der Waals surface area contributed by atoms with Crippen molar-refractivity contribution < 1.29 is 18.0 Å². The highest BCUT2D eigenvalue weighted by atomic mass is 79.9. The molecule has 3 aromatic rings. The average molecular weight is 542 g/mol. The first-order chi connectivity index (χ1) is 16.3. The summed E-state index contributed by atoms with van der Waals surface area (Å²) in [6.45, 7) is 0.969. The summed E-state index contributed by atoms with van der Waals surface area (Å²) in [5.41, 5.74) is 1.89. The van der Waals surface area contributed by atoms with Gasteiger partial charge in [0.2, 0.25) is 10.0 Å². The summed E-state index contributed by atoms with van der Waals surface area (Å²) in [6.07, 6.45) is 2.68. The van der Waals surface area contributed by atoms with Crippen molar-refractivity contribution in [2.45, 2.75) is 24.2 Å². The number of halogens is 1. The Kier molecular flexibility index (Phi) is 7.45. The van der Waals surface area contributed by atoms with Crippen LogP contribution in [-0.2, 0) is 10.0 Å². The summed E-state index contributed by atoms with van der Waals surface area (Å²) >= 11 is 3.32. The number of sulfonamides is 1. The van der Waals surface area contributed by atoms with Crippen molar-refractivity contribution in [3.05, 3.63) is 88.4 Å². The van der Waals surface area contributed by atoms with Crippen molar-refractivity contribution in [3.8, 4) is 0 Å². The van der Waals surface area contributed by atoms with Crippen LogP contribution in [0.1, 0.15) is 40.0 Å². The van der Waals surface area contributed by atoms with E-state index in [1.165, 1.54) is 10.4 Å². The molecule has 2 N–H and O–H groups in total. The Hall–Kier alpha value is -3.01. The Balaban J connectivity index is 1.45. The highest BCUT2D eigenvalue weighted by Crippen LogP contribution is 2.28. The first kappa shape index (κ1) is 24.1. The minimum atomic E-state index is -3.70. The van der Waals surface area contributed by atoms with Crippen LogP contribution in [0.5, 0.6) is 0 Å². The van der Waals surface area contributed by atoms with Crippen LogP contribution < -0.4 is 10.6 Å². The Morgan fingerprint density at radius 2 is 1.29 bits per heavy atom. The van der Waals surface area contributed by atoms with E-state index in [2.05, 4.69) is 26.6 Å². The molecule has 1 saturated heterocycles. The molecular weight excluding hydrogens is 518 g/mol. The molecule has 1 aliphatic rings. The maximum absolute atomic E-state index is 13.1. The Morgan fingerprint density at radius 3 is 1.88 bits per heavy atom. The van der Waals surface area contributed by atoms with Gasteiger partial charge in [-0.2, -0.15) is 4.31 Å². The number of carbonyl (C=O) groups is 2. The monoisotopic (exact) mass is 541 g/mol. The molecule has 1 aliphatic heterocycles. The van der Waals surface area contributed by atoms with E-state index in [1.54, 1.807) is 60.7 Å². The molecule has 0 spiro atoms. The third kappa shape index (κ3) is 5.55. The van der Waals surface area contributed by atoms with Crippen molar-refractivity contribution in [2.24, 2.45) is 0 Å². The van der Waals surface area contributed by atoms with Crippen LogP contribution in [0.3, 0.4) is 0 Å². The van der Waals surface area contributed by atoms with Gasteiger partial charge in [-0.15, -0.1) is 0 Å². The molecule has 0 radical (unpaired) electrons. The van der Waals surface area contributed by atoms with E-state index in [1.807, 2.05) is 6.07 Å². The fourth-order valence-electron chi connectivity index (χ4n) is 3.72. The first-order valence-corrected chi connectivity index (χ1v) is 13.2. The molecule has 4 rings (SSSR count). The van der Waals surface area contributed by atoms with Crippen molar-refractivity contribution in [1.29, 1.82) is 0 Å². The topological polar surface area (TPSA) is 95.6 Å². The zero-order chi connectivity index (χ0) is 24.1. The lowest BCUT2D eigenvalue weighted by Crippen LogP contribution is -2.35. The molecule has 176 valence electrons. The van der Waals surface area contributed by atoms with E-state index in [0.717, 1.165) is 19.3 Å². The molecule has 1 heterocycles. The van der Waals surface area contributed by atoms with Crippen LogP contribution in [0.25, 0.3) is 0 Å². The number of nitrogens with one attached hydrogen (secondary N) is 2. The quantitative estimate of drug-likeness (QED) is 0.452. The van der Waals surface area contributed by atoms with Crippen LogP contribution >= 0.6 is 15.9 Å². The predicted molar refractivity (Wildman–Crippen MR) is 136 cm³/mol. The Morgan fingerprint density at radius 1 is 0.735 bits per heavy atom. The number of hydrogen-bond donors (Lipinski definition) is 2. The van der Waals surface area contributed by atoms with Gasteiger partial charge in [0.15, 0.2) is 0 Å². The molecule has 0 atom stereocenters. The highest BCUT2D eigenvalue weighted by Gasteiger charge is 2.28. The van der Waals surface area contributed by atoms with E-state index in [9.17, 15) is 18.0 Å². The second-order valence-electron chi connectivity index (χ2n) is 7.96. The average Bonchev–Trinajstić information content (AvgIpc) is 2.86. The number of nitrogens with zero attached hydrogens (tertiary/aromatic N) is 1. The summed E-state index contributed by atoms with van der Waals surface area (Å²) in [5, 5.41) is 5.58. The predicted octanol–water partition coefficient (Wildman–Crippen LogP) is 5.13. The number of anilines is 2. The third-order valence-electron chi connectivity index (χ3n) is 5.56. The van der Waals surface area contributed by atoms with Gasteiger partial charge in [0.25, 0.3) is 11.8 Å². The van der Waals surface area contributed by atoms with Gasteiger partial charge in [-0.25, -0.2) is 8.42 Å². The Bertz CT molecular complexity index is 1290. The lowest BCUT2D eigenvalue weighted by Gasteiger charge is -2.26. The molecule has 3 aromatic carbocycles. The summed E-state index contributed by atoms with van der Waals surface area (Å²) in [7, 11) is -3.70. The van der Waals surface area contributed by atoms with Crippen LogP contribution in [0, 0.1) is 0 Å². The molecule has 0 bridgehead atoms. The van der Waals surface area contributed by atoms with Gasteiger partial charge < -0.3 is 10.6 Å². The van der Waals surface area contributed by atoms with Crippen LogP contribution in [0.15, 0.2) is 82.2 Å².